The topological polar surface area (TPSA) is 72.7 Å². The van der Waals surface area contributed by atoms with E-state index < -0.39 is 0 Å². The van der Waals surface area contributed by atoms with Crippen molar-refractivity contribution >= 4 is 22.4 Å². The molecule has 0 unspecified atom stereocenters. The van der Waals surface area contributed by atoms with Gasteiger partial charge in [0.05, 0.1) is 6.20 Å². The number of rotatable bonds is 6. The Hall–Kier alpha value is -2.61. The molecule has 1 amide bonds. The summed E-state index contributed by atoms with van der Waals surface area (Å²) < 4.78 is 15.4. The maximum Gasteiger partial charge on any atom is 0.228 e. The van der Waals surface area contributed by atoms with Gasteiger partial charge in [0, 0.05) is 25.6 Å². The summed E-state index contributed by atoms with van der Waals surface area (Å²) in [6.07, 6.45) is 4.28. The van der Waals surface area contributed by atoms with Crippen LogP contribution < -0.4 is 5.32 Å². The van der Waals surface area contributed by atoms with Crippen LogP contribution in [0.25, 0.3) is 0 Å². The van der Waals surface area contributed by atoms with Crippen molar-refractivity contribution < 1.29 is 9.18 Å². The smallest absolute Gasteiger partial charge is 0.228 e. The van der Waals surface area contributed by atoms with Gasteiger partial charge in [-0.25, -0.2) is 4.39 Å². The van der Waals surface area contributed by atoms with Crippen LogP contribution in [0.5, 0.6) is 0 Å². The minimum absolute atomic E-state index is 0.156. The summed E-state index contributed by atoms with van der Waals surface area (Å²) >= 11 is 1.25. The first-order chi connectivity index (χ1) is 11.6. The molecular weight excluding hydrogens is 329 g/mol. The molecule has 124 valence electrons. The molecule has 0 radical (unpaired) electrons. The van der Waals surface area contributed by atoms with Gasteiger partial charge in [0.15, 0.2) is 0 Å². The first-order valence-corrected chi connectivity index (χ1v) is 8.26. The number of hydrogen-bond acceptors (Lipinski definition) is 5. The molecule has 0 spiro atoms. The van der Waals surface area contributed by atoms with Gasteiger partial charge in [-0.1, -0.05) is 29.5 Å². The summed E-state index contributed by atoms with van der Waals surface area (Å²) in [5, 5.41) is 15.8. The van der Waals surface area contributed by atoms with E-state index in [1.165, 1.54) is 17.4 Å². The van der Waals surface area contributed by atoms with Crippen LogP contribution in [0.3, 0.4) is 0 Å². The van der Waals surface area contributed by atoms with Crippen LogP contribution in [-0.4, -0.2) is 25.9 Å². The Morgan fingerprint density at radius 2 is 2.17 bits per heavy atom. The average molecular weight is 345 g/mol. The van der Waals surface area contributed by atoms with Crippen LogP contribution in [-0.2, 0) is 17.8 Å². The Balaban J connectivity index is 1.53. The first kappa shape index (κ1) is 16.3. The molecule has 1 N–H and O–H groups in total. The van der Waals surface area contributed by atoms with Crippen molar-refractivity contribution in [1.29, 1.82) is 0 Å². The molecule has 0 bridgehead atoms. The number of hydrogen-bond donors (Lipinski definition) is 1. The van der Waals surface area contributed by atoms with Crippen LogP contribution in [0.2, 0.25) is 0 Å². The normalized spacial score (nSPS) is 10.8. The highest BCUT2D eigenvalue weighted by atomic mass is 32.1. The quantitative estimate of drug-likeness (QED) is 0.746. The van der Waals surface area contributed by atoms with Gasteiger partial charge in [0.1, 0.15) is 10.8 Å². The van der Waals surface area contributed by atoms with E-state index in [1.54, 1.807) is 29.1 Å². The fraction of sp³-hybridized carbons (Fsp3) is 0.250. The fourth-order valence-corrected chi connectivity index (χ4v) is 2.95. The Bertz CT molecular complexity index is 844. The van der Waals surface area contributed by atoms with Crippen molar-refractivity contribution in [2.24, 2.45) is 0 Å². The van der Waals surface area contributed by atoms with E-state index in [9.17, 15) is 9.18 Å². The molecule has 8 heteroatoms. The maximum absolute atomic E-state index is 13.6. The van der Waals surface area contributed by atoms with E-state index in [2.05, 4.69) is 20.6 Å². The van der Waals surface area contributed by atoms with Crippen molar-refractivity contribution in [2.45, 2.75) is 26.3 Å². The monoisotopic (exact) mass is 345 g/mol. The predicted molar refractivity (Wildman–Crippen MR) is 89.3 cm³/mol. The predicted octanol–water partition coefficient (Wildman–Crippen LogP) is 2.80. The molecule has 2 aromatic heterocycles. The molecule has 0 aliphatic heterocycles. The molecule has 3 aromatic rings. The van der Waals surface area contributed by atoms with Crippen molar-refractivity contribution in [3.63, 3.8) is 0 Å². The molecule has 0 aliphatic rings. The third-order valence-electron chi connectivity index (χ3n) is 3.34. The third-order valence-corrected chi connectivity index (χ3v) is 4.18. The zero-order valence-electron chi connectivity index (χ0n) is 13.1. The van der Waals surface area contributed by atoms with E-state index in [0.29, 0.717) is 35.1 Å². The molecule has 24 heavy (non-hydrogen) atoms. The van der Waals surface area contributed by atoms with E-state index in [0.717, 1.165) is 5.56 Å². The number of anilines is 1. The Labute approximate surface area is 142 Å². The highest BCUT2D eigenvalue weighted by molar-refractivity contribution is 7.15. The largest absolute Gasteiger partial charge is 0.300 e. The number of halogens is 1. The van der Waals surface area contributed by atoms with Crippen LogP contribution in [0.4, 0.5) is 9.52 Å². The van der Waals surface area contributed by atoms with Crippen molar-refractivity contribution in [3.05, 3.63) is 58.6 Å². The van der Waals surface area contributed by atoms with Gasteiger partial charge in [-0.05, 0) is 24.1 Å². The lowest BCUT2D eigenvalue weighted by atomic mass is 10.1. The molecule has 0 aliphatic carbocycles. The second-order valence-electron chi connectivity index (χ2n) is 5.35. The van der Waals surface area contributed by atoms with Gasteiger partial charge in [-0.3, -0.25) is 9.48 Å². The van der Waals surface area contributed by atoms with E-state index in [1.807, 2.05) is 13.1 Å². The average Bonchev–Trinajstić information content (AvgIpc) is 3.17. The summed E-state index contributed by atoms with van der Waals surface area (Å²) in [6, 6.07) is 6.54. The number of amides is 1. The highest BCUT2D eigenvalue weighted by Crippen LogP contribution is 2.20. The maximum atomic E-state index is 13.6. The number of nitrogens with zero attached hydrogens (tertiary/aromatic N) is 4. The third kappa shape index (κ3) is 4.23. The summed E-state index contributed by atoms with van der Waals surface area (Å²) in [6.45, 7) is 2.45. The van der Waals surface area contributed by atoms with Crippen LogP contribution in [0.1, 0.15) is 22.6 Å². The fourth-order valence-electron chi connectivity index (χ4n) is 2.17. The molecule has 3 rings (SSSR count). The van der Waals surface area contributed by atoms with Gasteiger partial charge in [0.2, 0.25) is 11.0 Å². The van der Waals surface area contributed by atoms with Crippen molar-refractivity contribution in [2.75, 3.05) is 5.32 Å². The lowest BCUT2D eigenvalue weighted by molar-refractivity contribution is -0.116. The summed E-state index contributed by atoms with van der Waals surface area (Å²) in [5.74, 6) is -0.426. The standard InChI is InChI=1S/C16H16FN5OS/c1-11-9-18-22(10-11)7-6-14(23)19-16-21-20-15(24-16)8-12-4-2-3-5-13(12)17/h2-5,9-10H,6-8H2,1H3,(H,19,21,23). The number of aryl methyl sites for hydroxylation is 2. The number of aromatic nitrogens is 4. The van der Waals surface area contributed by atoms with E-state index >= 15 is 0 Å². The van der Waals surface area contributed by atoms with Gasteiger partial charge in [-0.15, -0.1) is 10.2 Å². The number of carbonyl (C=O) groups is 1. The SMILES string of the molecule is Cc1cnn(CCC(=O)Nc2nnc(Cc3ccccc3F)s2)c1. The van der Waals surface area contributed by atoms with Gasteiger partial charge in [0.25, 0.3) is 0 Å². The molecular formula is C16H16FN5OS. The van der Waals surface area contributed by atoms with Crippen molar-refractivity contribution in [3.8, 4) is 0 Å². The van der Waals surface area contributed by atoms with Gasteiger partial charge in [-0.2, -0.15) is 5.10 Å². The molecule has 0 saturated heterocycles. The summed E-state index contributed by atoms with van der Waals surface area (Å²) in [5.41, 5.74) is 1.61. The van der Waals surface area contributed by atoms with E-state index in [-0.39, 0.29) is 11.7 Å². The zero-order chi connectivity index (χ0) is 16.9. The second-order valence-corrected chi connectivity index (χ2v) is 6.41. The van der Waals surface area contributed by atoms with Crippen LogP contribution in [0, 0.1) is 12.7 Å². The molecule has 6 nitrogen and oxygen atoms in total. The number of carbonyl (C=O) groups excluding carboxylic acids is 1. The van der Waals surface area contributed by atoms with Crippen LogP contribution in [0.15, 0.2) is 36.7 Å². The highest BCUT2D eigenvalue weighted by Gasteiger charge is 2.10. The Morgan fingerprint density at radius 1 is 1.33 bits per heavy atom. The first-order valence-electron chi connectivity index (χ1n) is 7.45. The Kier molecular flexibility index (Phi) is 4.95. The summed E-state index contributed by atoms with van der Waals surface area (Å²) in [4.78, 5) is 11.9. The van der Waals surface area contributed by atoms with Crippen LogP contribution >= 0.6 is 11.3 Å². The molecule has 0 atom stereocenters. The van der Waals surface area contributed by atoms with Gasteiger partial charge >= 0.3 is 0 Å². The summed E-state index contributed by atoms with van der Waals surface area (Å²) in [7, 11) is 0. The zero-order valence-corrected chi connectivity index (χ0v) is 13.9. The number of benzene rings is 1. The molecule has 2 heterocycles. The van der Waals surface area contributed by atoms with Gasteiger partial charge < -0.3 is 5.32 Å². The molecule has 0 fully saturated rings. The lowest BCUT2D eigenvalue weighted by Gasteiger charge is -2.01. The molecule has 0 saturated carbocycles. The Morgan fingerprint density at radius 3 is 2.92 bits per heavy atom. The molecule has 1 aromatic carbocycles. The van der Waals surface area contributed by atoms with E-state index in [4.69, 9.17) is 0 Å². The second kappa shape index (κ2) is 7.31. The lowest BCUT2D eigenvalue weighted by Crippen LogP contribution is -2.14. The number of nitrogens with one attached hydrogen (secondary N) is 1. The minimum atomic E-state index is -0.271. The van der Waals surface area contributed by atoms with Crippen molar-refractivity contribution in [1.82, 2.24) is 20.0 Å². The minimum Gasteiger partial charge on any atom is -0.300 e.